The minimum absolute atomic E-state index is 0.500. The minimum Gasteiger partial charge on any atom is -0.384 e. The van der Waals surface area contributed by atoms with Crippen LogP contribution in [0, 0.1) is 0 Å². The SMILES string of the molecule is OC(c1cc(-c2ccccc2)cc(-c2ccccc2)c1)c1cccc2c1C[N+]1(Cc3cc(-c4cc(-c5ccccc5)cc(-c5ccccc5)c4)c4ccccc4c3-c3c(cc(-c4cc(-c5ccccc5)cc(-c5ccccc5)c4)c4ccccc34)C1)Cc1c-2cccc1C(O)c1cc(-c2ccccc2)cc(-c2ccccc2)c1. The van der Waals surface area contributed by atoms with Gasteiger partial charge in [-0.2, -0.15) is 0 Å². The van der Waals surface area contributed by atoms with Gasteiger partial charge in [0.15, 0.2) is 0 Å². The summed E-state index contributed by atoms with van der Waals surface area (Å²) in [6.07, 6.45) is -2.10. The number of nitrogens with zero attached hydrogens (tertiary/aromatic N) is 1. The Morgan fingerprint density at radius 2 is 0.416 bits per heavy atom. The molecule has 3 heteroatoms. The lowest BCUT2D eigenvalue weighted by Gasteiger charge is -2.39. The fraction of sp³-hybridized carbons (Fsp3) is 0.0545. The highest BCUT2D eigenvalue weighted by Crippen LogP contribution is 2.54. The zero-order chi connectivity index (χ0) is 75.4. The molecule has 0 amide bonds. The van der Waals surface area contributed by atoms with Crippen LogP contribution >= 0.6 is 0 Å². The second-order valence-electron chi connectivity index (χ2n) is 30.7. The number of aliphatic hydroxyl groups is 2. The maximum absolute atomic E-state index is 14.1. The Morgan fingerprint density at radius 1 is 0.186 bits per heavy atom. The van der Waals surface area contributed by atoms with Crippen LogP contribution in [-0.4, -0.2) is 14.7 Å². The molecule has 1 spiro atoms. The topological polar surface area (TPSA) is 40.5 Å². The van der Waals surface area contributed by atoms with Crippen LogP contribution in [0.1, 0.15) is 56.7 Å². The average Bonchev–Trinajstić information content (AvgIpc) is 1.62. The van der Waals surface area contributed by atoms with Crippen molar-refractivity contribution in [3.05, 3.63) is 457 Å². The van der Waals surface area contributed by atoms with Gasteiger partial charge in [0.25, 0.3) is 0 Å². The van der Waals surface area contributed by atoms with Crippen LogP contribution in [0.3, 0.4) is 0 Å². The van der Waals surface area contributed by atoms with Gasteiger partial charge in [-0.05, 0) is 262 Å². The fourth-order valence-corrected chi connectivity index (χ4v) is 18.4. The van der Waals surface area contributed by atoms with Gasteiger partial charge in [0.1, 0.15) is 38.4 Å². The molecule has 0 saturated carbocycles. The van der Waals surface area contributed by atoms with Crippen LogP contribution in [0.15, 0.2) is 413 Å². The molecule has 0 saturated heterocycles. The van der Waals surface area contributed by atoms with E-state index < -0.39 is 12.2 Å². The number of benzene rings is 18. The molecule has 0 radical (unpaired) electrons. The van der Waals surface area contributed by atoms with Crippen molar-refractivity contribution in [3.8, 4) is 134 Å². The molecule has 536 valence electrons. The smallest absolute Gasteiger partial charge is 0.106 e. The summed E-state index contributed by atoms with van der Waals surface area (Å²) in [5.41, 5.74) is 34.7. The van der Waals surface area contributed by atoms with E-state index in [9.17, 15) is 10.2 Å². The van der Waals surface area contributed by atoms with Crippen molar-refractivity contribution in [1.29, 1.82) is 0 Å². The normalized spacial score (nSPS) is 13.3. The molecule has 3 nitrogen and oxygen atoms in total. The first-order chi connectivity index (χ1) is 55.8. The maximum atomic E-state index is 14.1. The first-order valence-corrected chi connectivity index (χ1v) is 39.4. The van der Waals surface area contributed by atoms with Gasteiger partial charge in [-0.1, -0.05) is 328 Å². The highest BCUT2D eigenvalue weighted by molar-refractivity contribution is 6.15. The van der Waals surface area contributed by atoms with E-state index in [0.717, 1.165) is 156 Å². The van der Waals surface area contributed by atoms with E-state index in [0.29, 0.717) is 30.7 Å². The summed E-state index contributed by atoms with van der Waals surface area (Å²) in [6.45, 7) is 2.25. The third-order valence-corrected chi connectivity index (χ3v) is 23.7. The number of quaternary nitrogens is 1. The first kappa shape index (κ1) is 68.6. The van der Waals surface area contributed by atoms with E-state index in [1.54, 1.807) is 0 Å². The van der Waals surface area contributed by atoms with Gasteiger partial charge in [-0.25, -0.2) is 0 Å². The highest BCUT2D eigenvalue weighted by atomic mass is 16.3. The summed E-state index contributed by atoms with van der Waals surface area (Å²) < 4.78 is 0.500. The molecular formula is C110H80NO2+. The van der Waals surface area contributed by atoms with Gasteiger partial charge in [0, 0.05) is 22.3 Å². The van der Waals surface area contributed by atoms with Crippen molar-refractivity contribution in [1.82, 2.24) is 0 Å². The minimum atomic E-state index is -1.05. The Hall–Kier alpha value is -13.6. The molecule has 2 aliphatic rings. The summed E-state index contributed by atoms with van der Waals surface area (Å²) in [4.78, 5) is 0. The molecule has 2 aliphatic heterocycles. The third-order valence-electron chi connectivity index (χ3n) is 23.7. The summed E-state index contributed by atoms with van der Waals surface area (Å²) in [5, 5.41) is 32.8. The van der Waals surface area contributed by atoms with Crippen molar-refractivity contribution in [2.45, 2.75) is 38.4 Å². The standard InChI is InChI=1S/C110H80NO2/c112-109(91-63-85(77-39-17-5-18-40-77)57-86(64-91)78-41-19-6-20-42-78)101-53-29-51-95-96-52-30-54-102(110(113)92-65-87(79-43-21-7-22-44-79)58-88(66-92)80-45-23-8-24-46-80)106(96)72-111(71-105(95)101)69-93-67-103(89-59-81(73-31-9-1-10-32-73)55-82(60-89)74-33-11-2-12-34-74)97-47-25-27-49-99(97)107(93)108-94(70-111)68-104(98-48-26-28-50-100(98)108)90-61-83(75-35-13-3-14-36-75)56-84(62-90)76-37-15-4-16-38-76/h1-68,109-110,112-113H,69-72H2/q+1. The molecule has 18 aromatic rings. The van der Waals surface area contributed by atoms with Crippen molar-refractivity contribution in [3.63, 3.8) is 0 Å². The van der Waals surface area contributed by atoms with Crippen LogP contribution in [-0.2, 0) is 26.2 Å². The lowest BCUT2D eigenvalue weighted by molar-refractivity contribution is -0.978. The number of aliphatic hydroxyl groups excluding tert-OH is 2. The number of hydrogen-bond donors (Lipinski definition) is 2. The number of rotatable bonds is 14. The predicted octanol–water partition coefficient (Wildman–Crippen LogP) is 27.7. The second kappa shape index (κ2) is 29.3. The highest BCUT2D eigenvalue weighted by Gasteiger charge is 2.42. The summed E-state index contributed by atoms with van der Waals surface area (Å²) >= 11 is 0. The maximum Gasteiger partial charge on any atom is 0.106 e. The summed E-state index contributed by atoms with van der Waals surface area (Å²) in [7, 11) is 0. The molecule has 0 aliphatic carbocycles. The van der Waals surface area contributed by atoms with Crippen molar-refractivity contribution < 1.29 is 14.7 Å². The van der Waals surface area contributed by atoms with E-state index in [1.165, 1.54) is 43.8 Å². The zero-order valence-corrected chi connectivity index (χ0v) is 62.6. The largest absolute Gasteiger partial charge is 0.384 e. The van der Waals surface area contributed by atoms with Gasteiger partial charge in [0.2, 0.25) is 0 Å². The molecule has 2 N–H and O–H groups in total. The molecular weight excluding hydrogens is 1370 g/mol. The molecule has 18 aromatic carbocycles. The Bertz CT molecular complexity index is 5970. The quantitative estimate of drug-likeness (QED) is 0.107. The number of fused-ring (bicyclic) bond motifs is 10. The van der Waals surface area contributed by atoms with Crippen LogP contribution in [0.5, 0.6) is 0 Å². The first-order valence-electron chi connectivity index (χ1n) is 39.4. The lowest BCUT2D eigenvalue weighted by atomic mass is 9.82. The van der Waals surface area contributed by atoms with Crippen molar-refractivity contribution in [2.24, 2.45) is 0 Å². The van der Waals surface area contributed by atoms with E-state index in [1.807, 2.05) is 0 Å². The number of hydrogen-bond acceptors (Lipinski definition) is 2. The van der Waals surface area contributed by atoms with Crippen molar-refractivity contribution >= 4 is 21.5 Å². The average molecular weight is 1450 g/mol. The third kappa shape index (κ3) is 13.1. The molecule has 0 bridgehead atoms. The Balaban J connectivity index is 0.875. The van der Waals surface area contributed by atoms with Gasteiger partial charge < -0.3 is 14.7 Å². The van der Waals surface area contributed by atoms with Crippen LogP contribution in [0.2, 0.25) is 0 Å². The van der Waals surface area contributed by atoms with Crippen LogP contribution < -0.4 is 0 Å². The van der Waals surface area contributed by atoms with Gasteiger partial charge in [-0.3, -0.25) is 0 Å². The summed E-state index contributed by atoms with van der Waals surface area (Å²) in [5.74, 6) is 0. The summed E-state index contributed by atoms with van der Waals surface area (Å²) in [6, 6.07) is 150. The van der Waals surface area contributed by atoms with Gasteiger partial charge in [-0.15, -0.1) is 0 Å². The van der Waals surface area contributed by atoms with E-state index >= 15 is 0 Å². The van der Waals surface area contributed by atoms with E-state index in [-0.39, 0.29) is 0 Å². The molecule has 2 atom stereocenters. The molecule has 2 unspecified atom stereocenters. The van der Waals surface area contributed by atoms with Crippen LogP contribution in [0.25, 0.3) is 155 Å². The Morgan fingerprint density at radius 3 is 0.681 bits per heavy atom. The monoisotopic (exact) mass is 1450 g/mol. The predicted molar refractivity (Wildman–Crippen MR) is 469 cm³/mol. The molecule has 20 rings (SSSR count). The van der Waals surface area contributed by atoms with Gasteiger partial charge in [0.05, 0.1) is 0 Å². The zero-order valence-electron chi connectivity index (χ0n) is 62.6. The molecule has 2 heterocycles. The molecule has 0 fully saturated rings. The molecule has 0 aromatic heterocycles. The molecule has 113 heavy (non-hydrogen) atoms. The van der Waals surface area contributed by atoms with Gasteiger partial charge >= 0.3 is 0 Å². The Kier molecular flexibility index (Phi) is 17.8. The van der Waals surface area contributed by atoms with E-state index in [2.05, 4.69) is 413 Å². The lowest BCUT2D eigenvalue weighted by Crippen LogP contribution is -2.44. The van der Waals surface area contributed by atoms with E-state index in [4.69, 9.17) is 0 Å². The van der Waals surface area contributed by atoms with Crippen LogP contribution in [0.4, 0.5) is 0 Å². The van der Waals surface area contributed by atoms with Crippen molar-refractivity contribution in [2.75, 3.05) is 0 Å². The fourth-order valence-electron chi connectivity index (χ4n) is 18.4. The second-order valence-corrected chi connectivity index (χ2v) is 30.7. The Labute approximate surface area is 660 Å².